The maximum Gasteiger partial charge on any atom is 0.0175 e. The lowest BCUT2D eigenvalue weighted by atomic mass is 9.76. The molecule has 1 aromatic carbocycles. The van der Waals surface area contributed by atoms with Crippen molar-refractivity contribution < 1.29 is 0 Å². The molecule has 0 radical (unpaired) electrons. The van der Waals surface area contributed by atoms with Crippen LogP contribution in [0.5, 0.6) is 0 Å². The smallest absolute Gasteiger partial charge is 0.0175 e. The first kappa shape index (κ1) is 15.0. The number of halogens is 2. The molecule has 2 rings (SSSR count). The van der Waals surface area contributed by atoms with E-state index in [1.165, 1.54) is 35.7 Å². The fourth-order valence-corrected chi connectivity index (χ4v) is 2.98. The fourth-order valence-electron chi connectivity index (χ4n) is 2.71. The molecule has 17 heavy (non-hydrogen) atoms. The van der Waals surface area contributed by atoms with E-state index in [9.17, 15) is 0 Å². The topological polar surface area (TPSA) is 26.0 Å². The second-order valence-corrected chi connectivity index (χ2v) is 5.94. The van der Waals surface area contributed by atoms with Gasteiger partial charge in [0, 0.05) is 10.5 Å². The molecule has 96 valence electrons. The highest BCUT2D eigenvalue weighted by Gasteiger charge is 2.24. The van der Waals surface area contributed by atoms with Crippen molar-refractivity contribution in [2.24, 2.45) is 11.7 Å². The van der Waals surface area contributed by atoms with Gasteiger partial charge in [-0.2, -0.15) is 0 Å². The lowest BCUT2D eigenvalue weighted by Gasteiger charge is -2.30. The zero-order chi connectivity index (χ0) is 11.5. The van der Waals surface area contributed by atoms with E-state index in [1.807, 2.05) is 0 Å². The number of hydrogen-bond donors (Lipinski definition) is 1. The molecule has 1 aliphatic carbocycles. The normalized spacial score (nSPS) is 26.1. The first-order valence-corrected chi connectivity index (χ1v) is 6.97. The Bertz CT molecular complexity index is 329. The quantitative estimate of drug-likeness (QED) is 0.854. The fraction of sp³-hybridized carbons (Fsp3) is 0.571. The number of rotatable bonds is 2. The predicted molar refractivity (Wildman–Crippen MR) is 79.7 cm³/mol. The van der Waals surface area contributed by atoms with Crippen LogP contribution >= 0.6 is 28.3 Å². The molecule has 0 aromatic heterocycles. The summed E-state index contributed by atoms with van der Waals surface area (Å²) < 4.78 is 1.17. The van der Waals surface area contributed by atoms with E-state index in [1.54, 1.807) is 0 Å². The summed E-state index contributed by atoms with van der Waals surface area (Å²) in [6, 6.07) is 9.16. The van der Waals surface area contributed by atoms with Crippen molar-refractivity contribution in [3.63, 3.8) is 0 Å². The van der Waals surface area contributed by atoms with Gasteiger partial charge in [-0.15, -0.1) is 12.4 Å². The van der Waals surface area contributed by atoms with Crippen molar-refractivity contribution in [2.75, 3.05) is 0 Å². The summed E-state index contributed by atoms with van der Waals surface area (Å²) in [5.74, 6) is 1.50. The number of nitrogens with two attached hydrogens (primary N) is 1. The molecular weight excluding hydrogens is 298 g/mol. The molecule has 0 spiro atoms. The second-order valence-electron chi connectivity index (χ2n) is 5.02. The first-order valence-electron chi connectivity index (χ1n) is 6.18. The van der Waals surface area contributed by atoms with Crippen LogP contribution in [0, 0.1) is 5.92 Å². The van der Waals surface area contributed by atoms with Crippen LogP contribution in [0.4, 0.5) is 0 Å². The minimum Gasteiger partial charge on any atom is -0.328 e. The van der Waals surface area contributed by atoms with Crippen molar-refractivity contribution >= 4 is 28.3 Å². The Morgan fingerprint density at radius 1 is 1.12 bits per heavy atom. The molecule has 0 saturated heterocycles. The molecule has 3 heteroatoms. The van der Waals surface area contributed by atoms with Gasteiger partial charge in [0.15, 0.2) is 0 Å². The maximum atomic E-state index is 5.96. The van der Waals surface area contributed by atoms with Crippen LogP contribution in [-0.4, -0.2) is 6.04 Å². The Balaban J connectivity index is 0.00000144. The van der Waals surface area contributed by atoms with E-state index in [0.29, 0.717) is 6.04 Å². The third-order valence-electron chi connectivity index (χ3n) is 3.86. The average molecular weight is 319 g/mol. The second kappa shape index (κ2) is 6.77. The van der Waals surface area contributed by atoms with E-state index < -0.39 is 0 Å². The Kier molecular flexibility index (Phi) is 5.98. The van der Waals surface area contributed by atoms with Crippen LogP contribution in [-0.2, 0) is 0 Å². The zero-order valence-corrected chi connectivity index (χ0v) is 12.6. The zero-order valence-electron chi connectivity index (χ0n) is 10.2. The third kappa shape index (κ3) is 3.97. The molecule has 1 fully saturated rings. The van der Waals surface area contributed by atoms with Gasteiger partial charge >= 0.3 is 0 Å². The van der Waals surface area contributed by atoms with Crippen molar-refractivity contribution in [3.05, 3.63) is 34.3 Å². The Labute approximate surface area is 119 Å². The summed E-state index contributed by atoms with van der Waals surface area (Å²) in [5.41, 5.74) is 7.46. The van der Waals surface area contributed by atoms with E-state index >= 15 is 0 Å². The Morgan fingerprint density at radius 3 is 2.12 bits per heavy atom. The van der Waals surface area contributed by atoms with Crippen LogP contribution < -0.4 is 5.73 Å². The highest BCUT2D eigenvalue weighted by Crippen LogP contribution is 2.36. The van der Waals surface area contributed by atoms with E-state index in [-0.39, 0.29) is 12.4 Å². The van der Waals surface area contributed by atoms with E-state index in [4.69, 9.17) is 5.73 Å². The molecule has 1 aromatic rings. The molecule has 1 saturated carbocycles. The summed E-state index contributed by atoms with van der Waals surface area (Å²) in [5, 5.41) is 0. The highest BCUT2D eigenvalue weighted by molar-refractivity contribution is 9.10. The molecule has 0 bridgehead atoms. The van der Waals surface area contributed by atoms with Crippen LogP contribution in [0.3, 0.4) is 0 Å². The largest absolute Gasteiger partial charge is 0.328 e. The Hall–Kier alpha value is -0.0500. The summed E-state index contributed by atoms with van der Waals surface area (Å²) in [6.07, 6.45) is 5.18. The van der Waals surface area contributed by atoms with Gasteiger partial charge < -0.3 is 5.73 Å². The first-order chi connectivity index (χ1) is 7.66. The van der Waals surface area contributed by atoms with E-state index in [2.05, 4.69) is 47.1 Å². The monoisotopic (exact) mass is 317 g/mol. The van der Waals surface area contributed by atoms with Crippen LogP contribution in [0.1, 0.15) is 44.1 Å². The molecule has 1 atom stereocenters. The van der Waals surface area contributed by atoms with Crippen molar-refractivity contribution in [1.82, 2.24) is 0 Å². The molecule has 0 amide bonds. The molecule has 1 aliphatic rings. The number of hydrogen-bond acceptors (Lipinski definition) is 1. The van der Waals surface area contributed by atoms with Gasteiger partial charge in [-0.3, -0.25) is 0 Å². The molecule has 0 aliphatic heterocycles. The lowest BCUT2D eigenvalue weighted by Crippen LogP contribution is -2.29. The SMILES string of the molecule is CC(N)C1CCC(c2ccc(Br)cc2)CC1.Cl. The van der Waals surface area contributed by atoms with Crippen LogP contribution in [0.25, 0.3) is 0 Å². The van der Waals surface area contributed by atoms with Crippen LogP contribution in [0.15, 0.2) is 28.7 Å². The van der Waals surface area contributed by atoms with Gasteiger partial charge in [-0.1, -0.05) is 28.1 Å². The molecule has 2 N–H and O–H groups in total. The van der Waals surface area contributed by atoms with Gasteiger partial charge in [0.1, 0.15) is 0 Å². The maximum absolute atomic E-state index is 5.96. The van der Waals surface area contributed by atoms with Crippen LogP contribution in [0.2, 0.25) is 0 Å². The molecule has 1 nitrogen and oxygen atoms in total. The summed E-state index contributed by atoms with van der Waals surface area (Å²) >= 11 is 3.48. The highest BCUT2D eigenvalue weighted by atomic mass is 79.9. The standard InChI is InChI=1S/C14H20BrN.ClH/c1-10(16)11-2-4-12(5-3-11)13-6-8-14(15)9-7-13;/h6-12H,2-5,16H2,1H3;1H. The molecular formula is C14H21BrClN. The van der Waals surface area contributed by atoms with Crippen molar-refractivity contribution in [3.8, 4) is 0 Å². The number of benzene rings is 1. The molecule has 0 heterocycles. The summed E-state index contributed by atoms with van der Waals surface area (Å²) in [4.78, 5) is 0. The summed E-state index contributed by atoms with van der Waals surface area (Å²) in [6.45, 7) is 2.14. The lowest BCUT2D eigenvalue weighted by molar-refractivity contribution is 0.291. The van der Waals surface area contributed by atoms with Gasteiger partial charge in [0.25, 0.3) is 0 Å². The van der Waals surface area contributed by atoms with Gasteiger partial charge in [0.05, 0.1) is 0 Å². The van der Waals surface area contributed by atoms with Gasteiger partial charge in [0.2, 0.25) is 0 Å². The summed E-state index contributed by atoms with van der Waals surface area (Å²) in [7, 11) is 0. The minimum absolute atomic E-state index is 0. The van der Waals surface area contributed by atoms with Gasteiger partial charge in [-0.25, -0.2) is 0 Å². The minimum atomic E-state index is 0. The van der Waals surface area contributed by atoms with E-state index in [0.717, 1.165) is 11.8 Å². The molecule has 1 unspecified atom stereocenters. The average Bonchev–Trinajstić information content (AvgIpc) is 2.30. The van der Waals surface area contributed by atoms with Crippen molar-refractivity contribution in [1.29, 1.82) is 0 Å². The Morgan fingerprint density at radius 2 is 1.65 bits per heavy atom. The predicted octanol–water partition coefficient (Wildman–Crippen LogP) is 4.49. The van der Waals surface area contributed by atoms with Crippen molar-refractivity contribution in [2.45, 2.75) is 44.6 Å². The third-order valence-corrected chi connectivity index (χ3v) is 4.39. The van der Waals surface area contributed by atoms with Gasteiger partial charge in [-0.05, 0) is 62.1 Å².